The number of piperazine rings is 1. The molecule has 1 aromatic heterocycles. The molecule has 0 unspecified atom stereocenters. The predicted molar refractivity (Wildman–Crippen MR) is 150 cm³/mol. The normalized spacial score (nSPS) is 17.2. The molecular weight excluding hydrogens is 480 g/mol. The smallest absolute Gasteiger partial charge is 0.319 e. The molecular formula is C28H34N8O2. The number of rotatable bonds is 7. The van der Waals surface area contributed by atoms with Gasteiger partial charge in [0.2, 0.25) is 11.9 Å². The zero-order valence-electron chi connectivity index (χ0n) is 21.6. The summed E-state index contributed by atoms with van der Waals surface area (Å²) in [7, 11) is 0. The third kappa shape index (κ3) is 6.20. The van der Waals surface area contributed by atoms with Gasteiger partial charge in [-0.15, -0.1) is 0 Å². The first-order chi connectivity index (χ1) is 18.6. The zero-order valence-corrected chi connectivity index (χ0v) is 21.6. The van der Waals surface area contributed by atoms with Crippen LogP contribution in [0.25, 0.3) is 11.3 Å². The maximum atomic E-state index is 12.7. The Balaban J connectivity index is 1.16. The van der Waals surface area contributed by atoms with Crippen LogP contribution in [0.2, 0.25) is 0 Å². The van der Waals surface area contributed by atoms with Crippen LogP contribution in [-0.2, 0) is 4.79 Å². The molecule has 10 nitrogen and oxygen atoms in total. The molecule has 0 radical (unpaired) electrons. The Morgan fingerprint density at radius 3 is 2.39 bits per heavy atom. The van der Waals surface area contributed by atoms with E-state index in [1.165, 1.54) is 0 Å². The molecule has 2 aromatic carbocycles. The minimum absolute atomic E-state index is 0.00257. The fourth-order valence-corrected chi connectivity index (χ4v) is 4.83. The number of anilines is 4. The van der Waals surface area contributed by atoms with E-state index in [0.717, 1.165) is 68.2 Å². The summed E-state index contributed by atoms with van der Waals surface area (Å²) in [6.07, 6.45) is 3.75. The van der Waals surface area contributed by atoms with Gasteiger partial charge >= 0.3 is 6.03 Å². The number of aromatic nitrogens is 2. The van der Waals surface area contributed by atoms with Gasteiger partial charge < -0.3 is 31.1 Å². The number of urea groups is 1. The molecule has 0 saturated carbocycles. The highest BCUT2D eigenvalue weighted by atomic mass is 16.2. The van der Waals surface area contributed by atoms with Crippen molar-refractivity contribution >= 4 is 34.9 Å². The van der Waals surface area contributed by atoms with Crippen molar-refractivity contribution in [2.75, 3.05) is 54.8 Å². The lowest BCUT2D eigenvalue weighted by atomic mass is 10.1. The second-order valence-corrected chi connectivity index (χ2v) is 9.46. The van der Waals surface area contributed by atoms with Crippen LogP contribution in [0, 0.1) is 0 Å². The Kier molecular flexibility index (Phi) is 7.98. The van der Waals surface area contributed by atoms with Crippen LogP contribution in [0.5, 0.6) is 0 Å². The first-order valence-electron chi connectivity index (χ1n) is 13.2. The number of hydrogen-bond acceptors (Lipinski definition) is 7. The minimum atomic E-state index is -0.228. The summed E-state index contributed by atoms with van der Waals surface area (Å²) < 4.78 is 0. The number of amides is 3. The maximum absolute atomic E-state index is 12.7. The molecule has 3 aromatic rings. The van der Waals surface area contributed by atoms with Gasteiger partial charge in [-0.25, -0.2) is 14.8 Å². The number of nitrogens with one attached hydrogen (secondary N) is 4. The molecule has 2 aliphatic rings. The molecule has 0 aliphatic carbocycles. The molecule has 2 saturated heterocycles. The van der Waals surface area contributed by atoms with Crippen LogP contribution in [-0.4, -0.2) is 72.1 Å². The second kappa shape index (κ2) is 11.9. The van der Waals surface area contributed by atoms with Gasteiger partial charge in [-0.1, -0.05) is 12.1 Å². The number of hydrogen-bond donors (Lipinski definition) is 4. The van der Waals surface area contributed by atoms with Gasteiger partial charge in [0.1, 0.15) is 0 Å². The van der Waals surface area contributed by atoms with Crippen molar-refractivity contribution in [1.29, 1.82) is 0 Å². The summed E-state index contributed by atoms with van der Waals surface area (Å²) in [4.78, 5) is 37.7. The van der Waals surface area contributed by atoms with E-state index >= 15 is 0 Å². The van der Waals surface area contributed by atoms with Gasteiger partial charge in [0, 0.05) is 61.5 Å². The number of carbonyl (C=O) groups excluding carboxylic acids is 2. The minimum Gasteiger partial charge on any atom is -0.368 e. The highest BCUT2D eigenvalue weighted by molar-refractivity contribution is 5.89. The van der Waals surface area contributed by atoms with E-state index in [0.29, 0.717) is 18.2 Å². The van der Waals surface area contributed by atoms with Crippen LogP contribution in [0.4, 0.5) is 27.8 Å². The van der Waals surface area contributed by atoms with Crippen LogP contribution >= 0.6 is 0 Å². The molecule has 10 heteroatoms. The molecule has 198 valence electrons. The number of nitrogens with zero attached hydrogens (tertiary/aromatic N) is 4. The maximum Gasteiger partial charge on any atom is 0.319 e. The molecule has 5 rings (SSSR count). The molecule has 2 aliphatic heterocycles. The third-order valence-corrected chi connectivity index (χ3v) is 6.87. The van der Waals surface area contributed by atoms with Crippen molar-refractivity contribution in [3.8, 4) is 11.3 Å². The van der Waals surface area contributed by atoms with Crippen LogP contribution < -0.4 is 26.2 Å². The van der Waals surface area contributed by atoms with E-state index in [-0.39, 0.29) is 18.0 Å². The predicted octanol–water partition coefficient (Wildman–Crippen LogP) is 3.43. The summed E-state index contributed by atoms with van der Waals surface area (Å²) in [6, 6.07) is 17.4. The Morgan fingerprint density at radius 2 is 1.71 bits per heavy atom. The molecule has 1 atom stereocenters. The quantitative estimate of drug-likeness (QED) is 0.382. The molecule has 3 amide bonds. The molecule has 0 spiro atoms. The average Bonchev–Trinajstić information content (AvgIpc) is 3.49. The van der Waals surface area contributed by atoms with Crippen molar-refractivity contribution in [2.45, 2.75) is 25.8 Å². The Morgan fingerprint density at radius 1 is 0.974 bits per heavy atom. The van der Waals surface area contributed by atoms with Gasteiger partial charge in [-0.2, -0.15) is 0 Å². The lowest BCUT2D eigenvalue weighted by Crippen LogP contribution is -2.53. The molecule has 2 fully saturated rings. The third-order valence-electron chi connectivity index (χ3n) is 6.87. The van der Waals surface area contributed by atoms with E-state index < -0.39 is 0 Å². The fourth-order valence-electron chi connectivity index (χ4n) is 4.83. The summed E-state index contributed by atoms with van der Waals surface area (Å²) >= 11 is 0. The largest absolute Gasteiger partial charge is 0.368 e. The lowest BCUT2D eigenvalue weighted by molar-refractivity contribution is -0.133. The SMILES string of the molecule is CCNC(=O)Nc1ccc(-c2ccnc(Nc3ccc(N4CCN(C(=O)[C@H]5CCCN5)CC4)cc3)n2)cc1. The molecule has 0 bridgehead atoms. The standard InChI is InChI=1S/C28H34N8O2/c1-2-29-28(38)33-22-7-5-20(6-8-22)24-13-15-31-27(34-24)32-21-9-11-23(12-10-21)35-16-18-36(19-17-35)26(37)25-4-3-14-30-25/h5-13,15,25,30H,2-4,14,16-19H2,1H3,(H2,29,33,38)(H,31,32,34)/t25-/m1/s1. The zero-order chi connectivity index (χ0) is 26.3. The highest BCUT2D eigenvalue weighted by Crippen LogP contribution is 2.24. The van der Waals surface area contributed by atoms with Gasteiger partial charge in [-0.05, 0) is 68.8 Å². The number of benzene rings is 2. The van der Waals surface area contributed by atoms with Crippen LogP contribution in [0.3, 0.4) is 0 Å². The summed E-state index contributed by atoms with van der Waals surface area (Å²) in [5.41, 5.74) is 4.45. The van der Waals surface area contributed by atoms with Crippen molar-refractivity contribution in [2.24, 2.45) is 0 Å². The Labute approximate surface area is 222 Å². The van der Waals surface area contributed by atoms with Crippen LogP contribution in [0.1, 0.15) is 19.8 Å². The van der Waals surface area contributed by atoms with Crippen molar-refractivity contribution < 1.29 is 9.59 Å². The summed E-state index contributed by atoms with van der Waals surface area (Å²) in [5, 5.41) is 12.1. The molecule has 3 heterocycles. The Hall–Kier alpha value is -4.18. The first-order valence-corrected chi connectivity index (χ1v) is 13.2. The average molecular weight is 515 g/mol. The van der Waals surface area contributed by atoms with Crippen molar-refractivity contribution in [3.05, 3.63) is 60.8 Å². The first kappa shape index (κ1) is 25.5. The summed E-state index contributed by atoms with van der Waals surface area (Å²) in [5.74, 6) is 0.753. The topological polar surface area (TPSA) is 115 Å². The Bertz CT molecular complexity index is 1230. The van der Waals surface area contributed by atoms with Gasteiger partial charge in [-0.3, -0.25) is 4.79 Å². The van der Waals surface area contributed by atoms with Gasteiger partial charge in [0.15, 0.2) is 0 Å². The number of carbonyl (C=O) groups is 2. The second-order valence-electron chi connectivity index (χ2n) is 9.46. The van der Waals surface area contributed by atoms with Crippen molar-refractivity contribution in [1.82, 2.24) is 25.5 Å². The van der Waals surface area contributed by atoms with E-state index in [4.69, 9.17) is 0 Å². The van der Waals surface area contributed by atoms with Gasteiger partial charge in [0.05, 0.1) is 11.7 Å². The lowest BCUT2D eigenvalue weighted by Gasteiger charge is -2.37. The van der Waals surface area contributed by atoms with E-state index in [2.05, 4.69) is 48.3 Å². The van der Waals surface area contributed by atoms with E-state index in [1.54, 1.807) is 6.20 Å². The van der Waals surface area contributed by atoms with Gasteiger partial charge in [0.25, 0.3) is 0 Å². The van der Waals surface area contributed by atoms with E-state index in [1.807, 2.05) is 54.3 Å². The van der Waals surface area contributed by atoms with E-state index in [9.17, 15) is 9.59 Å². The van der Waals surface area contributed by atoms with Crippen LogP contribution in [0.15, 0.2) is 60.8 Å². The van der Waals surface area contributed by atoms with Crippen molar-refractivity contribution in [3.63, 3.8) is 0 Å². The highest BCUT2D eigenvalue weighted by Gasteiger charge is 2.29. The monoisotopic (exact) mass is 514 g/mol. The fraction of sp³-hybridized carbons (Fsp3) is 0.357. The summed E-state index contributed by atoms with van der Waals surface area (Å²) in [6.45, 7) is 6.54. The molecule has 4 N–H and O–H groups in total. The molecule has 38 heavy (non-hydrogen) atoms.